The molecule has 0 aromatic carbocycles. The second kappa shape index (κ2) is 5.36. The van der Waals surface area contributed by atoms with E-state index in [9.17, 15) is 8.42 Å². The van der Waals surface area contributed by atoms with Crippen LogP contribution in [0.5, 0.6) is 0 Å². The Hall–Kier alpha value is -0.950. The van der Waals surface area contributed by atoms with Crippen LogP contribution in [0.15, 0.2) is 4.52 Å². The first-order valence-corrected chi connectivity index (χ1v) is 8.30. The molecule has 1 saturated heterocycles. The molecule has 2 heterocycles. The molecule has 1 aromatic rings. The molecule has 0 unspecified atom stereocenters. The molecule has 7 heteroatoms. The van der Waals surface area contributed by atoms with Gasteiger partial charge in [0.05, 0.1) is 11.8 Å². The van der Waals surface area contributed by atoms with Gasteiger partial charge in [-0.05, 0) is 19.4 Å². The Balaban J connectivity index is 2.03. The van der Waals surface area contributed by atoms with Crippen molar-refractivity contribution in [2.24, 2.45) is 0 Å². The van der Waals surface area contributed by atoms with Crippen LogP contribution >= 0.6 is 0 Å². The van der Waals surface area contributed by atoms with Gasteiger partial charge in [0, 0.05) is 19.2 Å². The summed E-state index contributed by atoms with van der Waals surface area (Å²) in [6, 6.07) is 0.107. The predicted molar refractivity (Wildman–Crippen MR) is 66.9 cm³/mol. The SMILES string of the molecule is CCc1nc([C@H]2CCCN2CCS(C)(=O)=O)no1. The molecule has 0 amide bonds. The Bertz CT molecular complexity index is 497. The van der Waals surface area contributed by atoms with Crippen molar-refractivity contribution >= 4 is 9.84 Å². The van der Waals surface area contributed by atoms with Crippen LogP contribution < -0.4 is 0 Å². The van der Waals surface area contributed by atoms with Gasteiger partial charge in [0.1, 0.15) is 9.84 Å². The zero-order valence-corrected chi connectivity index (χ0v) is 11.6. The summed E-state index contributed by atoms with van der Waals surface area (Å²) in [5.74, 6) is 1.51. The van der Waals surface area contributed by atoms with E-state index in [-0.39, 0.29) is 11.8 Å². The van der Waals surface area contributed by atoms with Crippen molar-refractivity contribution in [2.45, 2.75) is 32.2 Å². The van der Waals surface area contributed by atoms with E-state index in [1.165, 1.54) is 6.26 Å². The average Bonchev–Trinajstić information content (AvgIpc) is 2.93. The maximum atomic E-state index is 11.2. The first kappa shape index (κ1) is 13.5. The van der Waals surface area contributed by atoms with E-state index in [1.807, 2.05) is 6.92 Å². The highest BCUT2D eigenvalue weighted by molar-refractivity contribution is 7.90. The highest BCUT2D eigenvalue weighted by Crippen LogP contribution is 2.29. The van der Waals surface area contributed by atoms with Crippen molar-refractivity contribution in [1.29, 1.82) is 0 Å². The lowest BCUT2D eigenvalue weighted by atomic mass is 10.2. The summed E-state index contributed by atoms with van der Waals surface area (Å²) < 4.78 is 27.5. The molecule has 6 nitrogen and oxygen atoms in total. The summed E-state index contributed by atoms with van der Waals surface area (Å²) >= 11 is 0. The molecule has 1 aliphatic rings. The number of sulfone groups is 1. The molecule has 0 aliphatic carbocycles. The van der Waals surface area contributed by atoms with E-state index in [2.05, 4.69) is 15.0 Å². The lowest BCUT2D eigenvalue weighted by molar-refractivity contribution is 0.255. The summed E-state index contributed by atoms with van der Waals surface area (Å²) in [4.78, 5) is 6.47. The summed E-state index contributed by atoms with van der Waals surface area (Å²) in [6.07, 6.45) is 4.00. The van der Waals surface area contributed by atoms with Crippen molar-refractivity contribution in [3.8, 4) is 0 Å². The Kier molecular flexibility index (Phi) is 4.01. The molecule has 102 valence electrons. The normalized spacial score (nSPS) is 21.6. The molecule has 1 aromatic heterocycles. The van der Waals surface area contributed by atoms with Gasteiger partial charge in [0.2, 0.25) is 5.89 Å². The molecular weight excluding hydrogens is 254 g/mol. The lowest BCUT2D eigenvalue weighted by Gasteiger charge is -2.20. The minimum absolute atomic E-state index is 0.107. The number of hydrogen-bond acceptors (Lipinski definition) is 6. The summed E-state index contributed by atoms with van der Waals surface area (Å²) in [5, 5.41) is 3.99. The molecule has 18 heavy (non-hydrogen) atoms. The third-order valence-corrected chi connectivity index (χ3v) is 4.12. The van der Waals surface area contributed by atoms with Crippen molar-refractivity contribution < 1.29 is 12.9 Å². The van der Waals surface area contributed by atoms with Gasteiger partial charge in [-0.15, -0.1) is 0 Å². The van der Waals surface area contributed by atoms with Gasteiger partial charge in [-0.3, -0.25) is 4.90 Å². The van der Waals surface area contributed by atoms with Crippen LogP contribution in [-0.2, 0) is 16.3 Å². The number of aromatic nitrogens is 2. The Morgan fingerprint density at radius 1 is 1.50 bits per heavy atom. The van der Waals surface area contributed by atoms with E-state index in [0.717, 1.165) is 25.8 Å². The van der Waals surface area contributed by atoms with Crippen molar-refractivity contribution in [1.82, 2.24) is 15.0 Å². The third kappa shape index (κ3) is 3.29. The Morgan fingerprint density at radius 2 is 2.28 bits per heavy atom. The van der Waals surface area contributed by atoms with Gasteiger partial charge in [0.15, 0.2) is 5.82 Å². The number of likely N-dealkylation sites (tertiary alicyclic amines) is 1. The molecule has 1 fully saturated rings. The number of rotatable bonds is 5. The van der Waals surface area contributed by atoms with Gasteiger partial charge in [-0.1, -0.05) is 12.1 Å². The largest absolute Gasteiger partial charge is 0.339 e. The smallest absolute Gasteiger partial charge is 0.226 e. The van der Waals surface area contributed by atoms with Crippen LogP contribution in [0.4, 0.5) is 0 Å². The van der Waals surface area contributed by atoms with Crippen LogP contribution in [0.3, 0.4) is 0 Å². The number of hydrogen-bond donors (Lipinski definition) is 0. The molecule has 1 atom stereocenters. The first-order valence-electron chi connectivity index (χ1n) is 6.24. The van der Waals surface area contributed by atoms with Crippen LogP contribution in [0.2, 0.25) is 0 Å². The van der Waals surface area contributed by atoms with Crippen LogP contribution in [0.1, 0.15) is 37.5 Å². The van der Waals surface area contributed by atoms with Crippen molar-refractivity contribution in [3.05, 3.63) is 11.7 Å². The van der Waals surface area contributed by atoms with Crippen LogP contribution in [-0.4, -0.2) is 48.6 Å². The fraction of sp³-hybridized carbons (Fsp3) is 0.818. The number of aryl methyl sites for hydroxylation is 1. The number of nitrogens with zero attached hydrogens (tertiary/aromatic N) is 3. The molecular formula is C11H19N3O3S. The molecule has 0 N–H and O–H groups in total. The zero-order chi connectivity index (χ0) is 13.2. The van der Waals surface area contributed by atoms with Crippen LogP contribution in [0.25, 0.3) is 0 Å². The fourth-order valence-corrected chi connectivity index (χ4v) is 2.78. The minimum Gasteiger partial charge on any atom is -0.339 e. The van der Waals surface area contributed by atoms with Crippen LogP contribution in [0, 0.1) is 0 Å². The maximum absolute atomic E-state index is 11.2. The Morgan fingerprint density at radius 3 is 2.89 bits per heavy atom. The van der Waals surface area contributed by atoms with Gasteiger partial charge < -0.3 is 4.52 Å². The van der Waals surface area contributed by atoms with Crippen molar-refractivity contribution in [2.75, 3.05) is 25.1 Å². The van der Waals surface area contributed by atoms with E-state index in [4.69, 9.17) is 4.52 Å². The van der Waals surface area contributed by atoms with Gasteiger partial charge >= 0.3 is 0 Å². The van der Waals surface area contributed by atoms with Crippen molar-refractivity contribution in [3.63, 3.8) is 0 Å². The molecule has 2 rings (SSSR count). The molecule has 0 bridgehead atoms. The lowest BCUT2D eigenvalue weighted by Crippen LogP contribution is -2.29. The van der Waals surface area contributed by atoms with E-state index >= 15 is 0 Å². The van der Waals surface area contributed by atoms with Gasteiger partial charge in [0.25, 0.3) is 0 Å². The van der Waals surface area contributed by atoms with E-state index in [1.54, 1.807) is 0 Å². The Labute approximate surface area is 107 Å². The third-order valence-electron chi connectivity index (χ3n) is 3.20. The average molecular weight is 273 g/mol. The molecule has 1 aliphatic heterocycles. The topological polar surface area (TPSA) is 76.3 Å². The van der Waals surface area contributed by atoms with Gasteiger partial charge in [-0.2, -0.15) is 4.98 Å². The van der Waals surface area contributed by atoms with E-state index < -0.39 is 9.84 Å². The van der Waals surface area contributed by atoms with Gasteiger partial charge in [-0.25, -0.2) is 8.42 Å². The second-order valence-electron chi connectivity index (χ2n) is 4.72. The minimum atomic E-state index is -2.92. The summed E-state index contributed by atoms with van der Waals surface area (Å²) in [7, 11) is -2.92. The summed E-state index contributed by atoms with van der Waals surface area (Å²) in [5.41, 5.74) is 0. The highest BCUT2D eigenvalue weighted by Gasteiger charge is 2.30. The fourth-order valence-electron chi connectivity index (χ4n) is 2.22. The standard InChI is InChI=1S/C11H19N3O3S/c1-3-10-12-11(13-17-10)9-5-4-6-14(9)7-8-18(2,15)16/h9H,3-8H2,1-2H3/t9-/m1/s1. The molecule has 0 radical (unpaired) electrons. The molecule has 0 saturated carbocycles. The molecule has 0 spiro atoms. The predicted octanol–water partition coefficient (Wildman–Crippen LogP) is 0.813. The first-order chi connectivity index (χ1) is 8.49. The summed E-state index contributed by atoms with van der Waals surface area (Å²) in [6.45, 7) is 3.41. The van der Waals surface area contributed by atoms with E-state index in [0.29, 0.717) is 18.3 Å². The monoisotopic (exact) mass is 273 g/mol. The quantitative estimate of drug-likeness (QED) is 0.790. The zero-order valence-electron chi connectivity index (χ0n) is 10.8. The highest BCUT2D eigenvalue weighted by atomic mass is 32.2. The maximum Gasteiger partial charge on any atom is 0.226 e. The second-order valence-corrected chi connectivity index (χ2v) is 6.98.